The van der Waals surface area contributed by atoms with E-state index in [0.717, 1.165) is 24.2 Å². The van der Waals surface area contributed by atoms with Gasteiger partial charge < -0.3 is 5.32 Å². The molecular formula is C11H14ClN3. The first-order chi connectivity index (χ1) is 7.16. The summed E-state index contributed by atoms with van der Waals surface area (Å²) in [4.78, 5) is 8.47. The quantitative estimate of drug-likeness (QED) is 0.619. The second-order valence-electron chi connectivity index (χ2n) is 3.82. The SMILES string of the molecule is Cc1nc(Cl)c(C)c(NC2CC=CC2)n1. The summed E-state index contributed by atoms with van der Waals surface area (Å²) in [6.07, 6.45) is 6.48. The number of nitrogens with zero attached hydrogens (tertiary/aromatic N) is 2. The summed E-state index contributed by atoms with van der Waals surface area (Å²) in [5.74, 6) is 1.57. The van der Waals surface area contributed by atoms with Crippen molar-refractivity contribution in [2.45, 2.75) is 32.7 Å². The normalized spacial score (nSPS) is 15.9. The van der Waals surface area contributed by atoms with Gasteiger partial charge in [-0.15, -0.1) is 0 Å². The average molecular weight is 224 g/mol. The third kappa shape index (κ3) is 2.29. The molecule has 1 aromatic rings. The van der Waals surface area contributed by atoms with Crippen LogP contribution in [0.3, 0.4) is 0 Å². The van der Waals surface area contributed by atoms with E-state index in [4.69, 9.17) is 11.6 Å². The molecule has 0 unspecified atom stereocenters. The molecule has 1 aliphatic carbocycles. The average Bonchev–Trinajstić information content (AvgIpc) is 2.66. The Morgan fingerprint density at radius 3 is 2.60 bits per heavy atom. The van der Waals surface area contributed by atoms with Crippen molar-refractivity contribution in [1.29, 1.82) is 0 Å². The van der Waals surface area contributed by atoms with Crippen molar-refractivity contribution in [3.05, 3.63) is 28.7 Å². The highest BCUT2D eigenvalue weighted by Crippen LogP contribution is 2.22. The van der Waals surface area contributed by atoms with E-state index in [2.05, 4.69) is 27.4 Å². The second kappa shape index (κ2) is 4.19. The third-order valence-corrected chi connectivity index (χ3v) is 2.91. The summed E-state index contributed by atoms with van der Waals surface area (Å²) in [6, 6.07) is 0.453. The van der Waals surface area contributed by atoms with Gasteiger partial charge in [0.25, 0.3) is 0 Å². The van der Waals surface area contributed by atoms with Crippen LogP contribution < -0.4 is 5.32 Å². The van der Waals surface area contributed by atoms with E-state index >= 15 is 0 Å². The van der Waals surface area contributed by atoms with E-state index in [0.29, 0.717) is 17.0 Å². The molecule has 0 saturated carbocycles. The number of halogens is 1. The van der Waals surface area contributed by atoms with Gasteiger partial charge in [0.2, 0.25) is 0 Å². The zero-order chi connectivity index (χ0) is 10.8. The molecule has 80 valence electrons. The van der Waals surface area contributed by atoms with Crippen LogP contribution in [0.25, 0.3) is 0 Å². The van der Waals surface area contributed by atoms with E-state index in [-0.39, 0.29) is 0 Å². The van der Waals surface area contributed by atoms with Crippen LogP contribution in [-0.4, -0.2) is 16.0 Å². The smallest absolute Gasteiger partial charge is 0.137 e. The molecule has 0 aliphatic heterocycles. The fraction of sp³-hybridized carbons (Fsp3) is 0.455. The minimum Gasteiger partial charge on any atom is -0.366 e. The Kier molecular flexibility index (Phi) is 2.91. The predicted octanol–water partition coefficient (Wildman–Crippen LogP) is 2.88. The van der Waals surface area contributed by atoms with Gasteiger partial charge in [-0.05, 0) is 26.7 Å². The molecule has 0 radical (unpaired) electrons. The minimum atomic E-state index is 0.453. The lowest BCUT2D eigenvalue weighted by atomic mass is 10.2. The monoisotopic (exact) mass is 223 g/mol. The van der Waals surface area contributed by atoms with E-state index in [1.807, 2.05) is 13.8 Å². The minimum absolute atomic E-state index is 0.453. The molecule has 1 aliphatic rings. The van der Waals surface area contributed by atoms with Crippen LogP contribution in [0.5, 0.6) is 0 Å². The van der Waals surface area contributed by atoms with Crippen LogP contribution >= 0.6 is 11.6 Å². The summed E-state index contributed by atoms with van der Waals surface area (Å²) >= 11 is 6.00. The molecule has 15 heavy (non-hydrogen) atoms. The van der Waals surface area contributed by atoms with E-state index < -0.39 is 0 Å². The highest BCUT2D eigenvalue weighted by atomic mass is 35.5. The maximum Gasteiger partial charge on any atom is 0.137 e. The van der Waals surface area contributed by atoms with Crippen molar-refractivity contribution in [2.24, 2.45) is 0 Å². The van der Waals surface area contributed by atoms with Crippen LogP contribution in [-0.2, 0) is 0 Å². The Morgan fingerprint density at radius 2 is 1.93 bits per heavy atom. The Balaban J connectivity index is 2.19. The van der Waals surface area contributed by atoms with Gasteiger partial charge in [-0.25, -0.2) is 9.97 Å². The van der Waals surface area contributed by atoms with Crippen molar-refractivity contribution in [1.82, 2.24) is 9.97 Å². The summed E-state index contributed by atoms with van der Waals surface area (Å²) in [5.41, 5.74) is 0.925. The molecule has 0 amide bonds. The number of aryl methyl sites for hydroxylation is 1. The highest BCUT2D eigenvalue weighted by molar-refractivity contribution is 6.30. The Morgan fingerprint density at radius 1 is 1.27 bits per heavy atom. The summed E-state index contributed by atoms with van der Waals surface area (Å²) in [5, 5.41) is 3.93. The van der Waals surface area contributed by atoms with Gasteiger partial charge in [-0.1, -0.05) is 23.8 Å². The van der Waals surface area contributed by atoms with Crippen LogP contribution in [0.15, 0.2) is 12.2 Å². The van der Waals surface area contributed by atoms with Gasteiger partial charge >= 0.3 is 0 Å². The molecule has 1 N–H and O–H groups in total. The summed E-state index contributed by atoms with van der Waals surface area (Å²) in [7, 11) is 0. The van der Waals surface area contributed by atoms with Gasteiger partial charge in [-0.2, -0.15) is 0 Å². The Hall–Kier alpha value is -1.09. The molecule has 0 aromatic carbocycles. The molecule has 1 heterocycles. The van der Waals surface area contributed by atoms with Crippen LogP contribution in [0.1, 0.15) is 24.2 Å². The fourth-order valence-corrected chi connectivity index (χ4v) is 1.88. The fourth-order valence-electron chi connectivity index (χ4n) is 1.66. The Bertz CT molecular complexity index is 393. The number of aromatic nitrogens is 2. The molecule has 2 rings (SSSR count). The lowest BCUT2D eigenvalue weighted by molar-refractivity contribution is 0.776. The standard InChI is InChI=1S/C11H14ClN3/c1-7-10(12)13-8(2)14-11(7)15-9-5-3-4-6-9/h3-4,9H,5-6H2,1-2H3,(H,13,14,15). The van der Waals surface area contributed by atoms with Crippen LogP contribution in [0, 0.1) is 13.8 Å². The molecule has 3 nitrogen and oxygen atoms in total. The van der Waals surface area contributed by atoms with Gasteiger partial charge in [0.15, 0.2) is 0 Å². The lowest BCUT2D eigenvalue weighted by Gasteiger charge is -2.15. The first kappa shape index (κ1) is 10.4. The predicted molar refractivity (Wildman–Crippen MR) is 62.3 cm³/mol. The van der Waals surface area contributed by atoms with Gasteiger partial charge in [0.1, 0.15) is 16.8 Å². The Labute approximate surface area is 94.6 Å². The largest absolute Gasteiger partial charge is 0.366 e. The second-order valence-corrected chi connectivity index (χ2v) is 4.18. The molecule has 0 bridgehead atoms. The van der Waals surface area contributed by atoms with Crippen LogP contribution in [0.2, 0.25) is 5.15 Å². The zero-order valence-electron chi connectivity index (χ0n) is 8.92. The van der Waals surface area contributed by atoms with Crippen molar-refractivity contribution >= 4 is 17.4 Å². The topological polar surface area (TPSA) is 37.8 Å². The number of hydrogen-bond acceptors (Lipinski definition) is 3. The number of rotatable bonds is 2. The van der Waals surface area contributed by atoms with Gasteiger partial charge in [0.05, 0.1) is 0 Å². The number of nitrogens with one attached hydrogen (secondary N) is 1. The summed E-state index contributed by atoms with van der Waals surface area (Å²) < 4.78 is 0. The molecule has 4 heteroatoms. The molecule has 1 aromatic heterocycles. The maximum absolute atomic E-state index is 6.00. The van der Waals surface area contributed by atoms with Gasteiger partial charge in [0, 0.05) is 11.6 Å². The van der Waals surface area contributed by atoms with Crippen molar-refractivity contribution in [2.75, 3.05) is 5.32 Å². The van der Waals surface area contributed by atoms with Crippen molar-refractivity contribution in [3.8, 4) is 0 Å². The third-order valence-electron chi connectivity index (χ3n) is 2.55. The first-order valence-electron chi connectivity index (χ1n) is 5.09. The zero-order valence-corrected chi connectivity index (χ0v) is 9.67. The maximum atomic E-state index is 6.00. The molecule has 0 atom stereocenters. The van der Waals surface area contributed by atoms with E-state index in [9.17, 15) is 0 Å². The highest BCUT2D eigenvalue weighted by Gasteiger charge is 2.13. The molecular weight excluding hydrogens is 210 g/mol. The molecule has 0 saturated heterocycles. The summed E-state index contributed by atoms with van der Waals surface area (Å²) in [6.45, 7) is 3.79. The van der Waals surface area contributed by atoms with Crippen LogP contribution in [0.4, 0.5) is 5.82 Å². The van der Waals surface area contributed by atoms with E-state index in [1.54, 1.807) is 0 Å². The number of hydrogen-bond donors (Lipinski definition) is 1. The number of anilines is 1. The van der Waals surface area contributed by atoms with Gasteiger partial charge in [-0.3, -0.25) is 0 Å². The molecule has 0 spiro atoms. The van der Waals surface area contributed by atoms with E-state index in [1.165, 1.54) is 0 Å². The van der Waals surface area contributed by atoms with Crippen molar-refractivity contribution < 1.29 is 0 Å². The lowest BCUT2D eigenvalue weighted by Crippen LogP contribution is -2.17. The first-order valence-corrected chi connectivity index (χ1v) is 5.47. The molecule has 0 fully saturated rings. The van der Waals surface area contributed by atoms with Crippen molar-refractivity contribution in [3.63, 3.8) is 0 Å².